The number of piperidine rings is 1. The molecular formula is C16H25FN2O. The van der Waals surface area contributed by atoms with E-state index in [1.54, 1.807) is 6.07 Å². The number of halogens is 1. The Morgan fingerprint density at radius 1 is 1.35 bits per heavy atom. The zero-order valence-electron chi connectivity index (χ0n) is 12.4. The van der Waals surface area contributed by atoms with Crippen molar-refractivity contribution < 1.29 is 9.13 Å². The molecular weight excluding hydrogens is 255 g/mol. The Kier molecular flexibility index (Phi) is 5.52. The first-order valence-electron chi connectivity index (χ1n) is 7.49. The van der Waals surface area contributed by atoms with Crippen LogP contribution >= 0.6 is 0 Å². The van der Waals surface area contributed by atoms with E-state index in [1.807, 2.05) is 26.0 Å². The van der Waals surface area contributed by atoms with Gasteiger partial charge in [0.05, 0.1) is 12.1 Å². The minimum atomic E-state index is -0.165. The molecule has 0 amide bonds. The summed E-state index contributed by atoms with van der Waals surface area (Å²) < 4.78 is 19.7. The summed E-state index contributed by atoms with van der Waals surface area (Å²) in [4.78, 5) is 2.29. The van der Waals surface area contributed by atoms with Crippen LogP contribution in [0.3, 0.4) is 0 Å². The standard InChI is InChI=1S/C16H25FN2O/c1-3-20-13-8-10-19(11-9-13)16(12(2)18)14-6-4-5-7-15(14)17/h4-7,12-13,16H,3,8-11,18H2,1-2H3. The van der Waals surface area contributed by atoms with E-state index in [-0.39, 0.29) is 17.9 Å². The van der Waals surface area contributed by atoms with Crippen molar-refractivity contribution in [3.05, 3.63) is 35.6 Å². The molecule has 2 unspecified atom stereocenters. The van der Waals surface area contributed by atoms with Gasteiger partial charge in [0.25, 0.3) is 0 Å². The molecule has 1 heterocycles. The minimum Gasteiger partial charge on any atom is -0.378 e. The Balaban J connectivity index is 2.09. The highest BCUT2D eigenvalue weighted by molar-refractivity contribution is 5.23. The second kappa shape index (κ2) is 7.16. The molecule has 0 aliphatic carbocycles. The molecule has 1 aromatic rings. The highest BCUT2D eigenvalue weighted by Gasteiger charge is 2.30. The molecule has 1 aliphatic rings. The summed E-state index contributed by atoms with van der Waals surface area (Å²) in [5.74, 6) is -0.165. The molecule has 20 heavy (non-hydrogen) atoms. The molecule has 1 fully saturated rings. The number of hydrogen-bond donors (Lipinski definition) is 1. The zero-order valence-corrected chi connectivity index (χ0v) is 12.4. The zero-order chi connectivity index (χ0) is 14.5. The highest BCUT2D eigenvalue weighted by Crippen LogP contribution is 2.29. The Morgan fingerprint density at radius 2 is 2.00 bits per heavy atom. The van der Waals surface area contributed by atoms with Gasteiger partial charge in [-0.25, -0.2) is 4.39 Å². The third-order valence-electron chi connectivity index (χ3n) is 3.99. The smallest absolute Gasteiger partial charge is 0.128 e. The van der Waals surface area contributed by atoms with Gasteiger partial charge in [0.1, 0.15) is 5.82 Å². The molecule has 1 aliphatic heterocycles. The molecule has 2 atom stereocenters. The van der Waals surface area contributed by atoms with Crippen LogP contribution in [0.4, 0.5) is 4.39 Å². The van der Waals surface area contributed by atoms with Crippen molar-refractivity contribution in [3.63, 3.8) is 0 Å². The normalized spacial score (nSPS) is 20.8. The number of hydrogen-bond acceptors (Lipinski definition) is 3. The number of rotatable bonds is 5. The van der Waals surface area contributed by atoms with Gasteiger partial charge in [-0.05, 0) is 32.8 Å². The molecule has 1 saturated heterocycles. The van der Waals surface area contributed by atoms with Crippen LogP contribution in [-0.2, 0) is 4.74 Å². The minimum absolute atomic E-state index is 0.0567. The summed E-state index contributed by atoms with van der Waals surface area (Å²) in [6, 6.07) is 6.80. The van der Waals surface area contributed by atoms with Crippen LogP contribution in [0.1, 0.15) is 38.3 Å². The highest BCUT2D eigenvalue weighted by atomic mass is 19.1. The fraction of sp³-hybridized carbons (Fsp3) is 0.625. The summed E-state index contributed by atoms with van der Waals surface area (Å²) in [5, 5.41) is 0. The first-order chi connectivity index (χ1) is 9.63. The average molecular weight is 280 g/mol. The van der Waals surface area contributed by atoms with Crippen LogP contribution in [0.5, 0.6) is 0 Å². The largest absolute Gasteiger partial charge is 0.378 e. The molecule has 0 aromatic heterocycles. The van der Waals surface area contributed by atoms with E-state index < -0.39 is 0 Å². The third kappa shape index (κ3) is 3.57. The molecule has 1 aromatic carbocycles. The van der Waals surface area contributed by atoms with Crippen LogP contribution in [0.2, 0.25) is 0 Å². The lowest BCUT2D eigenvalue weighted by Gasteiger charge is -2.39. The summed E-state index contributed by atoms with van der Waals surface area (Å²) in [6.45, 7) is 6.55. The van der Waals surface area contributed by atoms with E-state index in [4.69, 9.17) is 10.5 Å². The van der Waals surface area contributed by atoms with Crippen molar-refractivity contribution in [1.82, 2.24) is 4.90 Å². The molecule has 112 valence electrons. The van der Waals surface area contributed by atoms with E-state index in [2.05, 4.69) is 4.90 Å². The lowest BCUT2D eigenvalue weighted by molar-refractivity contribution is 0.000787. The summed E-state index contributed by atoms with van der Waals surface area (Å²) in [5.41, 5.74) is 6.83. The van der Waals surface area contributed by atoms with Gasteiger partial charge in [0.15, 0.2) is 0 Å². The quantitative estimate of drug-likeness (QED) is 0.901. The summed E-state index contributed by atoms with van der Waals surface area (Å²) >= 11 is 0. The number of likely N-dealkylation sites (tertiary alicyclic amines) is 1. The maximum absolute atomic E-state index is 14.0. The molecule has 0 spiro atoms. The SMILES string of the molecule is CCOC1CCN(C(c2ccccc2F)C(C)N)CC1. The Morgan fingerprint density at radius 3 is 2.55 bits per heavy atom. The van der Waals surface area contributed by atoms with Crippen LogP contribution in [-0.4, -0.2) is 36.7 Å². The lowest BCUT2D eigenvalue weighted by atomic mass is 9.95. The summed E-state index contributed by atoms with van der Waals surface area (Å²) in [6.07, 6.45) is 2.32. The van der Waals surface area contributed by atoms with Crippen molar-refractivity contribution in [1.29, 1.82) is 0 Å². The van der Waals surface area contributed by atoms with Gasteiger partial charge in [-0.15, -0.1) is 0 Å². The molecule has 2 rings (SSSR count). The first kappa shape index (κ1) is 15.4. The van der Waals surface area contributed by atoms with Gasteiger partial charge in [-0.3, -0.25) is 4.90 Å². The van der Waals surface area contributed by atoms with E-state index >= 15 is 0 Å². The Labute approximate surface area is 120 Å². The summed E-state index contributed by atoms with van der Waals surface area (Å²) in [7, 11) is 0. The van der Waals surface area contributed by atoms with Crippen molar-refractivity contribution in [2.24, 2.45) is 5.73 Å². The van der Waals surface area contributed by atoms with Crippen LogP contribution < -0.4 is 5.73 Å². The number of nitrogens with two attached hydrogens (primary N) is 1. The van der Waals surface area contributed by atoms with Crippen molar-refractivity contribution >= 4 is 0 Å². The topological polar surface area (TPSA) is 38.5 Å². The molecule has 0 radical (unpaired) electrons. The average Bonchev–Trinajstić information content (AvgIpc) is 2.43. The van der Waals surface area contributed by atoms with Crippen LogP contribution in [0, 0.1) is 5.82 Å². The lowest BCUT2D eigenvalue weighted by Crippen LogP contribution is -2.45. The van der Waals surface area contributed by atoms with E-state index in [1.165, 1.54) is 6.07 Å². The second-order valence-electron chi connectivity index (χ2n) is 5.52. The van der Waals surface area contributed by atoms with Gasteiger partial charge in [0.2, 0.25) is 0 Å². The third-order valence-corrected chi connectivity index (χ3v) is 3.99. The monoisotopic (exact) mass is 280 g/mol. The molecule has 3 nitrogen and oxygen atoms in total. The second-order valence-corrected chi connectivity index (χ2v) is 5.52. The number of nitrogens with zero attached hydrogens (tertiary/aromatic N) is 1. The van der Waals surface area contributed by atoms with Crippen molar-refractivity contribution in [3.8, 4) is 0 Å². The van der Waals surface area contributed by atoms with Gasteiger partial charge in [-0.1, -0.05) is 18.2 Å². The van der Waals surface area contributed by atoms with E-state index in [9.17, 15) is 4.39 Å². The van der Waals surface area contributed by atoms with E-state index in [0.29, 0.717) is 11.7 Å². The molecule has 0 saturated carbocycles. The number of benzene rings is 1. The molecule has 2 N–H and O–H groups in total. The van der Waals surface area contributed by atoms with Gasteiger partial charge in [-0.2, -0.15) is 0 Å². The van der Waals surface area contributed by atoms with E-state index in [0.717, 1.165) is 32.5 Å². The first-order valence-corrected chi connectivity index (χ1v) is 7.49. The number of ether oxygens (including phenoxy) is 1. The van der Waals surface area contributed by atoms with Crippen LogP contribution in [0.15, 0.2) is 24.3 Å². The van der Waals surface area contributed by atoms with Crippen LogP contribution in [0.25, 0.3) is 0 Å². The van der Waals surface area contributed by atoms with Crippen molar-refractivity contribution in [2.45, 2.75) is 44.9 Å². The maximum atomic E-state index is 14.0. The predicted octanol–water partition coefficient (Wildman–Crippen LogP) is 2.71. The molecule has 4 heteroatoms. The van der Waals surface area contributed by atoms with Gasteiger partial charge < -0.3 is 10.5 Å². The predicted molar refractivity (Wildman–Crippen MR) is 79.0 cm³/mol. The fourth-order valence-electron chi connectivity index (χ4n) is 3.08. The molecule has 0 bridgehead atoms. The van der Waals surface area contributed by atoms with Crippen molar-refractivity contribution in [2.75, 3.05) is 19.7 Å². The van der Waals surface area contributed by atoms with Gasteiger partial charge >= 0.3 is 0 Å². The Bertz CT molecular complexity index is 417. The Hall–Kier alpha value is -0.970. The maximum Gasteiger partial charge on any atom is 0.128 e. The fourth-order valence-corrected chi connectivity index (χ4v) is 3.08. The van der Waals surface area contributed by atoms with Gasteiger partial charge in [0, 0.05) is 31.3 Å².